The molecule has 14 heavy (non-hydrogen) atoms. The largest absolute Gasteiger partial charge is 0.367 e. The summed E-state index contributed by atoms with van der Waals surface area (Å²) in [4.78, 5) is 11.8. The second kappa shape index (κ2) is 3.85. The van der Waals surface area contributed by atoms with Crippen molar-refractivity contribution in [2.75, 3.05) is 19.7 Å². The van der Waals surface area contributed by atoms with Crippen LogP contribution in [0.4, 0.5) is 0 Å². The first-order valence-corrected chi connectivity index (χ1v) is 4.50. The number of nitrogens with one attached hydrogen (secondary N) is 1. The lowest BCUT2D eigenvalue weighted by Gasteiger charge is -2.21. The number of carbonyl (C=O) groups excluding carboxylic acids is 1. The average Bonchev–Trinajstić information content (AvgIpc) is 2.65. The Hall–Kier alpha value is -1.27. The minimum absolute atomic E-state index is 0.0651. The van der Waals surface area contributed by atoms with Crippen LogP contribution in [-0.4, -0.2) is 46.6 Å². The first-order valence-electron chi connectivity index (χ1n) is 4.50. The zero-order valence-corrected chi connectivity index (χ0v) is 7.93. The Balaban J connectivity index is 2.11. The van der Waals surface area contributed by atoms with Crippen LogP contribution >= 0.6 is 0 Å². The summed E-state index contributed by atoms with van der Waals surface area (Å²) in [5.74, 6) is -0.0651. The topological polar surface area (TPSA) is 69.0 Å². The summed E-state index contributed by atoms with van der Waals surface area (Å²) >= 11 is 0. The zero-order chi connectivity index (χ0) is 9.97. The number of nitrogens with zero attached hydrogens (tertiary/aromatic N) is 3. The van der Waals surface area contributed by atoms with Gasteiger partial charge in [-0.1, -0.05) is 5.21 Å². The molecule has 6 heteroatoms. The SMILES string of the molecule is Cn1nncc1C(=O)C1CNCCO1. The molecule has 1 fully saturated rings. The van der Waals surface area contributed by atoms with E-state index < -0.39 is 6.10 Å². The summed E-state index contributed by atoms with van der Waals surface area (Å²) in [7, 11) is 1.69. The van der Waals surface area contributed by atoms with Crippen molar-refractivity contribution in [3.63, 3.8) is 0 Å². The second-order valence-electron chi connectivity index (χ2n) is 3.17. The van der Waals surface area contributed by atoms with Gasteiger partial charge >= 0.3 is 0 Å². The first-order chi connectivity index (χ1) is 6.79. The Kier molecular flexibility index (Phi) is 2.55. The number of ketones is 1. The summed E-state index contributed by atoms with van der Waals surface area (Å²) in [6, 6.07) is 0. The van der Waals surface area contributed by atoms with Crippen LogP contribution in [0, 0.1) is 0 Å². The highest BCUT2D eigenvalue weighted by Crippen LogP contribution is 2.05. The molecule has 1 unspecified atom stereocenters. The molecule has 6 nitrogen and oxygen atoms in total. The molecule has 1 aliphatic heterocycles. The molecule has 2 rings (SSSR count). The van der Waals surface area contributed by atoms with Crippen LogP contribution in [0.15, 0.2) is 6.20 Å². The van der Waals surface area contributed by atoms with E-state index in [0.717, 1.165) is 6.54 Å². The van der Waals surface area contributed by atoms with E-state index in [0.29, 0.717) is 18.8 Å². The molecule has 76 valence electrons. The normalized spacial score (nSPS) is 22.2. The molecule has 1 aromatic rings. The Bertz CT molecular complexity index is 330. The maximum atomic E-state index is 11.8. The van der Waals surface area contributed by atoms with Crippen molar-refractivity contribution < 1.29 is 9.53 Å². The van der Waals surface area contributed by atoms with E-state index >= 15 is 0 Å². The minimum atomic E-state index is -0.402. The molecule has 0 aromatic carbocycles. The van der Waals surface area contributed by atoms with E-state index in [-0.39, 0.29) is 5.78 Å². The molecular weight excluding hydrogens is 184 g/mol. The third-order valence-corrected chi connectivity index (χ3v) is 2.19. The Labute approximate surface area is 81.2 Å². The highest BCUT2D eigenvalue weighted by Gasteiger charge is 2.25. The lowest BCUT2D eigenvalue weighted by atomic mass is 10.1. The van der Waals surface area contributed by atoms with Gasteiger partial charge in [-0.05, 0) is 0 Å². The highest BCUT2D eigenvalue weighted by atomic mass is 16.5. The van der Waals surface area contributed by atoms with Crippen molar-refractivity contribution >= 4 is 5.78 Å². The van der Waals surface area contributed by atoms with Crippen molar-refractivity contribution in [1.29, 1.82) is 0 Å². The second-order valence-corrected chi connectivity index (χ2v) is 3.17. The van der Waals surface area contributed by atoms with Crippen LogP contribution in [0.5, 0.6) is 0 Å². The van der Waals surface area contributed by atoms with Gasteiger partial charge in [0.15, 0.2) is 0 Å². The molecule has 1 aromatic heterocycles. The number of hydrogen-bond acceptors (Lipinski definition) is 5. The Morgan fingerprint density at radius 3 is 3.21 bits per heavy atom. The number of ether oxygens (including phenoxy) is 1. The van der Waals surface area contributed by atoms with Crippen molar-refractivity contribution in [2.24, 2.45) is 7.05 Å². The quantitative estimate of drug-likeness (QED) is 0.613. The third kappa shape index (κ3) is 1.66. The van der Waals surface area contributed by atoms with E-state index in [1.165, 1.54) is 10.9 Å². The molecule has 0 saturated carbocycles. The smallest absolute Gasteiger partial charge is 0.212 e. The van der Waals surface area contributed by atoms with Crippen molar-refractivity contribution in [1.82, 2.24) is 20.3 Å². The third-order valence-electron chi connectivity index (χ3n) is 2.19. The van der Waals surface area contributed by atoms with Gasteiger partial charge < -0.3 is 10.1 Å². The van der Waals surface area contributed by atoms with Gasteiger partial charge in [-0.2, -0.15) is 0 Å². The van der Waals surface area contributed by atoms with Crippen LogP contribution < -0.4 is 5.32 Å². The molecule has 0 amide bonds. The maximum Gasteiger partial charge on any atom is 0.212 e. The molecule has 0 aliphatic carbocycles. The van der Waals surface area contributed by atoms with Crippen molar-refractivity contribution in [3.8, 4) is 0 Å². The average molecular weight is 196 g/mol. The van der Waals surface area contributed by atoms with Crippen LogP contribution in [0.25, 0.3) is 0 Å². The summed E-state index contributed by atoms with van der Waals surface area (Å²) in [5, 5.41) is 10.5. The molecule has 0 spiro atoms. The summed E-state index contributed by atoms with van der Waals surface area (Å²) < 4.78 is 6.80. The molecule has 1 N–H and O–H groups in total. The summed E-state index contributed by atoms with van der Waals surface area (Å²) in [5.41, 5.74) is 0.485. The molecule has 0 radical (unpaired) electrons. The first kappa shape index (κ1) is 9.29. The number of aromatic nitrogens is 3. The van der Waals surface area contributed by atoms with Gasteiger partial charge in [0.05, 0.1) is 12.8 Å². The van der Waals surface area contributed by atoms with E-state index in [4.69, 9.17) is 4.74 Å². The number of aryl methyl sites for hydroxylation is 1. The van der Waals surface area contributed by atoms with Gasteiger partial charge in [0, 0.05) is 20.1 Å². The fraction of sp³-hybridized carbons (Fsp3) is 0.625. The number of Topliss-reactive ketones (excluding diaryl/α,β-unsaturated/α-hetero) is 1. The van der Waals surface area contributed by atoms with E-state index in [2.05, 4.69) is 15.6 Å². The van der Waals surface area contributed by atoms with Gasteiger partial charge in [-0.25, -0.2) is 4.68 Å². The number of rotatable bonds is 2. The number of carbonyl (C=O) groups is 1. The maximum absolute atomic E-state index is 11.8. The molecule has 1 atom stereocenters. The number of morpholine rings is 1. The fourth-order valence-electron chi connectivity index (χ4n) is 1.41. The number of hydrogen-bond donors (Lipinski definition) is 1. The summed E-state index contributed by atoms with van der Waals surface area (Å²) in [6.45, 7) is 1.93. The lowest BCUT2D eigenvalue weighted by molar-refractivity contribution is 0.0262. The van der Waals surface area contributed by atoms with E-state index in [1.807, 2.05) is 0 Å². The highest BCUT2D eigenvalue weighted by molar-refractivity contribution is 5.97. The van der Waals surface area contributed by atoms with E-state index in [1.54, 1.807) is 7.05 Å². The summed E-state index contributed by atoms with van der Waals surface area (Å²) in [6.07, 6.45) is 1.06. The van der Waals surface area contributed by atoms with Crippen LogP contribution in [0.2, 0.25) is 0 Å². The van der Waals surface area contributed by atoms with Gasteiger partial charge in [0.1, 0.15) is 11.8 Å². The standard InChI is InChI=1S/C8H12N4O2/c1-12-6(4-10-11-12)8(13)7-5-9-2-3-14-7/h4,7,9H,2-3,5H2,1H3. The lowest BCUT2D eigenvalue weighted by Crippen LogP contribution is -2.43. The molecule has 2 heterocycles. The Morgan fingerprint density at radius 1 is 1.79 bits per heavy atom. The zero-order valence-electron chi connectivity index (χ0n) is 7.93. The monoisotopic (exact) mass is 196 g/mol. The fourth-order valence-corrected chi connectivity index (χ4v) is 1.41. The van der Waals surface area contributed by atoms with Gasteiger partial charge in [0.2, 0.25) is 5.78 Å². The Morgan fingerprint density at radius 2 is 2.64 bits per heavy atom. The predicted octanol–water partition coefficient (Wildman–Crippen LogP) is -1.01. The molecule has 1 saturated heterocycles. The van der Waals surface area contributed by atoms with Crippen LogP contribution in [0.3, 0.4) is 0 Å². The van der Waals surface area contributed by atoms with Gasteiger partial charge in [-0.3, -0.25) is 4.79 Å². The minimum Gasteiger partial charge on any atom is -0.367 e. The van der Waals surface area contributed by atoms with Crippen LogP contribution in [0.1, 0.15) is 10.5 Å². The molecule has 1 aliphatic rings. The van der Waals surface area contributed by atoms with E-state index in [9.17, 15) is 4.79 Å². The predicted molar refractivity (Wildman–Crippen MR) is 47.9 cm³/mol. The van der Waals surface area contributed by atoms with Crippen molar-refractivity contribution in [3.05, 3.63) is 11.9 Å². The van der Waals surface area contributed by atoms with Gasteiger partial charge in [-0.15, -0.1) is 5.10 Å². The van der Waals surface area contributed by atoms with Crippen molar-refractivity contribution in [2.45, 2.75) is 6.10 Å². The van der Waals surface area contributed by atoms with Crippen LogP contribution in [-0.2, 0) is 11.8 Å². The molecular formula is C8H12N4O2. The van der Waals surface area contributed by atoms with Gasteiger partial charge in [0.25, 0.3) is 0 Å². The molecule has 0 bridgehead atoms.